The Labute approximate surface area is 109 Å². The van der Waals surface area contributed by atoms with Gasteiger partial charge >= 0.3 is 0 Å². The Morgan fingerprint density at radius 2 is 1.89 bits per heavy atom. The lowest BCUT2D eigenvalue weighted by Crippen LogP contribution is -2.24. The van der Waals surface area contributed by atoms with Crippen LogP contribution < -0.4 is 5.32 Å². The number of benzene rings is 1. The predicted molar refractivity (Wildman–Crippen MR) is 72.7 cm³/mol. The minimum Gasteiger partial charge on any atom is -0.508 e. The summed E-state index contributed by atoms with van der Waals surface area (Å²) in [5.74, 6) is 1.87. The third-order valence-electron chi connectivity index (χ3n) is 3.94. The molecule has 1 aliphatic carbocycles. The van der Waals surface area contributed by atoms with Crippen molar-refractivity contribution in [2.45, 2.75) is 39.2 Å². The second-order valence-electron chi connectivity index (χ2n) is 5.70. The second kappa shape index (κ2) is 5.61. The smallest absolute Gasteiger partial charge is 0.119 e. The fraction of sp³-hybridized carbons (Fsp3) is 0.600. The van der Waals surface area contributed by atoms with Crippen LogP contribution in [0.1, 0.15) is 44.7 Å². The van der Waals surface area contributed by atoms with Gasteiger partial charge in [0, 0.05) is 12.1 Å². The van der Waals surface area contributed by atoms with Crippen molar-refractivity contribution in [3.63, 3.8) is 0 Å². The SMILES string of the molecule is CC1CCC(CNC(C)c2cc(O)cc(O)c2)C1. The van der Waals surface area contributed by atoms with E-state index in [9.17, 15) is 10.2 Å². The van der Waals surface area contributed by atoms with E-state index >= 15 is 0 Å². The number of nitrogens with one attached hydrogen (secondary N) is 1. The third-order valence-corrected chi connectivity index (χ3v) is 3.94. The van der Waals surface area contributed by atoms with Gasteiger partial charge in [0.25, 0.3) is 0 Å². The summed E-state index contributed by atoms with van der Waals surface area (Å²) in [4.78, 5) is 0. The zero-order chi connectivity index (χ0) is 13.1. The zero-order valence-corrected chi connectivity index (χ0v) is 11.2. The van der Waals surface area contributed by atoms with E-state index in [0.29, 0.717) is 0 Å². The number of phenols is 2. The Balaban J connectivity index is 1.89. The molecule has 3 heteroatoms. The molecular formula is C15H23NO2. The van der Waals surface area contributed by atoms with Gasteiger partial charge in [0.15, 0.2) is 0 Å². The fourth-order valence-corrected chi connectivity index (χ4v) is 2.84. The Bertz CT molecular complexity index is 385. The lowest BCUT2D eigenvalue weighted by Gasteiger charge is -2.18. The Hall–Kier alpha value is -1.22. The largest absolute Gasteiger partial charge is 0.508 e. The van der Waals surface area contributed by atoms with E-state index in [1.54, 1.807) is 12.1 Å². The van der Waals surface area contributed by atoms with Crippen LogP contribution in [0.3, 0.4) is 0 Å². The number of rotatable bonds is 4. The zero-order valence-electron chi connectivity index (χ0n) is 11.2. The third kappa shape index (κ3) is 3.39. The fourth-order valence-electron chi connectivity index (χ4n) is 2.84. The number of hydrogen-bond donors (Lipinski definition) is 3. The van der Waals surface area contributed by atoms with Crippen LogP contribution in [0.15, 0.2) is 18.2 Å². The van der Waals surface area contributed by atoms with Crippen molar-refractivity contribution in [2.24, 2.45) is 11.8 Å². The van der Waals surface area contributed by atoms with Crippen molar-refractivity contribution in [1.29, 1.82) is 0 Å². The van der Waals surface area contributed by atoms with Crippen molar-refractivity contribution < 1.29 is 10.2 Å². The molecule has 1 fully saturated rings. The summed E-state index contributed by atoms with van der Waals surface area (Å²) in [6, 6.07) is 4.91. The van der Waals surface area contributed by atoms with Crippen LogP contribution >= 0.6 is 0 Å². The van der Waals surface area contributed by atoms with Gasteiger partial charge in [0.1, 0.15) is 11.5 Å². The first-order chi connectivity index (χ1) is 8.54. The molecule has 0 aliphatic heterocycles. The van der Waals surface area contributed by atoms with Crippen molar-refractivity contribution in [2.75, 3.05) is 6.54 Å². The van der Waals surface area contributed by atoms with Gasteiger partial charge in [-0.3, -0.25) is 0 Å². The number of hydrogen-bond acceptors (Lipinski definition) is 3. The molecule has 18 heavy (non-hydrogen) atoms. The standard InChI is InChI=1S/C15H23NO2/c1-10-3-4-12(5-10)9-16-11(2)13-6-14(17)8-15(18)7-13/h6-8,10-12,16-18H,3-5,9H2,1-2H3. The van der Waals surface area contributed by atoms with Crippen LogP contribution in [-0.2, 0) is 0 Å². The van der Waals surface area contributed by atoms with Crippen molar-refractivity contribution in [3.8, 4) is 11.5 Å². The summed E-state index contributed by atoms with van der Waals surface area (Å²) >= 11 is 0. The van der Waals surface area contributed by atoms with Crippen molar-refractivity contribution in [3.05, 3.63) is 23.8 Å². The summed E-state index contributed by atoms with van der Waals surface area (Å²) in [7, 11) is 0. The first-order valence-corrected chi connectivity index (χ1v) is 6.81. The topological polar surface area (TPSA) is 52.5 Å². The predicted octanol–water partition coefficient (Wildman–Crippen LogP) is 3.18. The average molecular weight is 249 g/mol. The minimum atomic E-state index is 0.119. The van der Waals surface area contributed by atoms with Crippen LogP contribution in [-0.4, -0.2) is 16.8 Å². The molecule has 0 spiro atoms. The molecule has 0 aromatic heterocycles. The highest BCUT2D eigenvalue weighted by Gasteiger charge is 2.21. The quantitative estimate of drug-likeness (QED) is 0.768. The lowest BCUT2D eigenvalue weighted by atomic mass is 10.0. The molecule has 0 amide bonds. The highest BCUT2D eigenvalue weighted by molar-refractivity contribution is 5.37. The maximum absolute atomic E-state index is 9.47. The highest BCUT2D eigenvalue weighted by atomic mass is 16.3. The molecule has 1 aromatic rings. The summed E-state index contributed by atoms with van der Waals surface area (Å²) in [5, 5.41) is 22.4. The van der Waals surface area contributed by atoms with E-state index < -0.39 is 0 Å². The molecule has 3 nitrogen and oxygen atoms in total. The monoisotopic (exact) mass is 249 g/mol. The van der Waals surface area contributed by atoms with Gasteiger partial charge in [-0.15, -0.1) is 0 Å². The maximum atomic E-state index is 9.47. The summed E-state index contributed by atoms with van der Waals surface area (Å²) in [5.41, 5.74) is 0.929. The average Bonchev–Trinajstić information content (AvgIpc) is 2.70. The van der Waals surface area contributed by atoms with E-state index in [-0.39, 0.29) is 17.5 Å². The molecule has 1 saturated carbocycles. The maximum Gasteiger partial charge on any atom is 0.119 e. The van der Waals surface area contributed by atoms with Crippen LogP contribution in [0, 0.1) is 11.8 Å². The van der Waals surface area contributed by atoms with Gasteiger partial charge in [-0.05, 0) is 55.8 Å². The van der Waals surface area contributed by atoms with E-state index in [1.165, 1.54) is 25.3 Å². The van der Waals surface area contributed by atoms with Gasteiger partial charge in [0.05, 0.1) is 0 Å². The van der Waals surface area contributed by atoms with E-state index in [1.807, 2.05) is 0 Å². The Morgan fingerprint density at radius 3 is 2.44 bits per heavy atom. The van der Waals surface area contributed by atoms with Crippen LogP contribution in [0.4, 0.5) is 0 Å². The van der Waals surface area contributed by atoms with Crippen LogP contribution in [0.5, 0.6) is 11.5 Å². The lowest BCUT2D eigenvalue weighted by molar-refractivity contribution is 0.430. The molecule has 3 N–H and O–H groups in total. The number of phenolic OH excluding ortho intramolecular Hbond substituents is 2. The molecule has 0 bridgehead atoms. The van der Waals surface area contributed by atoms with E-state index in [0.717, 1.165) is 23.9 Å². The molecule has 0 radical (unpaired) electrons. The first-order valence-electron chi connectivity index (χ1n) is 6.81. The van der Waals surface area contributed by atoms with Crippen LogP contribution in [0.2, 0.25) is 0 Å². The van der Waals surface area contributed by atoms with Crippen molar-refractivity contribution >= 4 is 0 Å². The highest BCUT2D eigenvalue weighted by Crippen LogP contribution is 2.30. The molecule has 1 aliphatic rings. The Morgan fingerprint density at radius 1 is 1.22 bits per heavy atom. The molecule has 1 aromatic carbocycles. The van der Waals surface area contributed by atoms with Gasteiger partial charge in [0.2, 0.25) is 0 Å². The minimum absolute atomic E-state index is 0.119. The van der Waals surface area contributed by atoms with Gasteiger partial charge in [-0.1, -0.05) is 13.3 Å². The molecule has 2 rings (SSSR count). The molecule has 0 saturated heterocycles. The summed E-state index contributed by atoms with van der Waals surface area (Å²) < 4.78 is 0. The van der Waals surface area contributed by atoms with Gasteiger partial charge < -0.3 is 15.5 Å². The molecule has 0 heterocycles. The summed E-state index contributed by atoms with van der Waals surface area (Å²) in [6.45, 7) is 5.39. The van der Waals surface area contributed by atoms with Gasteiger partial charge in [-0.2, -0.15) is 0 Å². The molecule has 3 unspecified atom stereocenters. The van der Waals surface area contributed by atoms with E-state index in [4.69, 9.17) is 0 Å². The summed E-state index contributed by atoms with van der Waals surface area (Å²) in [6.07, 6.45) is 3.96. The second-order valence-corrected chi connectivity index (χ2v) is 5.70. The van der Waals surface area contributed by atoms with Crippen LogP contribution in [0.25, 0.3) is 0 Å². The first kappa shape index (κ1) is 13.2. The van der Waals surface area contributed by atoms with Crippen molar-refractivity contribution in [1.82, 2.24) is 5.32 Å². The van der Waals surface area contributed by atoms with Gasteiger partial charge in [-0.25, -0.2) is 0 Å². The molecule has 100 valence electrons. The number of aromatic hydroxyl groups is 2. The molecular weight excluding hydrogens is 226 g/mol. The molecule has 3 atom stereocenters. The Kier molecular flexibility index (Phi) is 4.12. The normalized spacial score (nSPS) is 25.2. The van der Waals surface area contributed by atoms with E-state index in [2.05, 4.69) is 19.2 Å².